The lowest BCUT2D eigenvalue weighted by molar-refractivity contribution is -0.161. The second-order valence-corrected chi connectivity index (χ2v) is 10.6. The van der Waals surface area contributed by atoms with Gasteiger partial charge in [-0.05, 0) is 48.9 Å². The molecule has 0 bridgehead atoms. The normalized spacial score (nSPS) is 19.8. The van der Waals surface area contributed by atoms with Gasteiger partial charge in [0.1, 0.15) is 11.4 Å². The fourth-order valence-electron chi connectivity index (χ4n) is 4.67. The van der Waals surface area contributed by atoms with Crippen LogP contribution in [-0.2, 0) is 26.0 Å². The first-order valence-electron chi connectivity index (χ1n) is 11.4. The fraction of sp³-hybridized carbons (Fsp3) is 0.423. The highest BCUT2D eigenvalue weighted by Crippen LogP contribution is 2.42. The highest BCUT2D eigenvalue weighted by Gasteiger charge is 2.43. The molecule has 0 unspecified atom stereocenters. The molecule has 0 saturated heterocycles. The summed E-state index contributed by atoms with van der Waals surface area (Å²) in [6.45, 7) is 3.97. The van der Waals surface area contributed by atoms with Crippen molar-refractivity contribution in [3.05, 3.63) is 77.1 Å². The van der Waals surface area contributed by atoms with E-state index in [0.29, 0.717) is 24.9 Å². The van der Waals surface area contributed by atoms with Crippen LogP contribution in [-0.4, -0.2) is 31.4 Å². The van der Waals surface area contributed by atoms with Crippen molar-refractivity contribution in [1.82, 2.24) is 0 Å². The summed E-state index contributed by atoms with van der Waals surface area (Å²) in [5.74, 6) is -0.817. The highest BCUT2D eigenvalue weighted by atomic mass is 32.2. The van der Waals surface area contributed by atoms with Gasteiger partial charge in [-0.1, -0.05) is 62.7 Å². The maximum atomic E-state index is 13.2. The molecule has 0 saturated carbocycles. The molecule has 0 amide bonds. The minimum Gasteiger partial charge on any atom is -0.512 e. The number of carbonyl (C=O) groups is 1. The molecule has 1 aliphatic rings. The minimum atomic E-state index is -3.43. The summed E-state index contributed by atoms with van der Waals surface area (Å²) < 4.78 is 31.8. The lowest BCUT2D eigenvalue weighted by Crippen LogP contribution is -2.41. The molecule has 1 heterocycles. The molecule has 0 aromatic heterocycles. The van der Waals surface area contributed by atoms with Crippen LogP contribution in [0.5, 0.6) is 0 Å². The summed E-state index contributed by atoms with van der Waals surface area (Å²) in [4.78, 5) is 13.2. The second-order valence-electron chi connectivity index (χ2n) is 8.81. The SMILES string of the molecule is CCC[C@]1(CCc2ccccc2)CC(O)=C([C@@H](CC)c2cccc(NS(C)(=O)=O)c2)C(=O)O1. The summed E-state index contributed by atoms with van der Waals surface area (Å²) >= 11 is 0. The van der Waals surface area contributed by atoms with Gasteiger partial charge in [-0.2, -0.15) is 0 Å². The molecule has 6 nitrogen and oxygen atoms in total. The molecule has 0 radical (unpaired) electrons. The number of cyclic esters (lactones) is 1. The molecule has 2 aromatic rings. The predicted molar refractivity (Wildman–Crippen MR) is 131 cm³/mol. The smallest absolute Gasteiger partial charge is 0.338 e. The average molecular weight is 472 g/mol. The Morgan fingerprint density at radius 2 is 1.82 bits per heavy atom. The number of benzene rings is 2. The van der Waals surface area contributed by atoms with Crippen LogP contribution in [0, 0.1) is 0 Å². The molecule has 1 aliphatic heterocycles. The molecule has 2 N–H and O–H groups in total. The zero-order chi connectivity index (χ0) is 24.1. The van der Waals surface area contributed by atoms with Crippen molar-refractivity contribution in [3.8, 4) is 0 Å². The molecule has 2 aromatic carbocycles. The fourth-order valence-corrected chi connectivity index (χ4v) is 5.22. The summed E-state index contributed by atoms with van der Waals surface area (Å²) in [5.41, 5.74) is 1.87. The molecule has 7 heteroatoms. The van der Waals surface area contributed by atoms with Gasteiger partial charge < -0.3 is 9.84 Å². The summed E-state index contributed by atoms with van der Waals surface area (Å²) in [7, 11) is -3.43. The van der Waals surface area contributed by atoms with Gasteiger partial charge in [0.2, 0.25) is 10.0 Å². The van der Waals surface area contributed by atoms with Crippen LogP contribution < -0.4 is 4.72 Å². The Hall–Kier alpha value is -2.80. The average Bonchev–Trinajstić information content (AvgIpc) is 2.75. The third-order valence-corrected chi connectivity index (χ3v) is 6.70. The Balaban J connectivity index is 1.89. The van der Waals surface area contributed by atoms with Crippen molar-refractivity contribution in [2.75, 3.05) is 11.0 Å². The zero-order valence-electron chi connectivity index (χ0n) is 19.5. The van der Waals surface area contributed by atoms with Gasteiger partial charge in [0.25, 0.3) is 0 Å². The molecule has 0 aliphatic carbocycles. The quantitative estimate of drug-likeness (QED) is 0.448. The van der Waals surface area contributed by atoms with Gasteiger partial charge in [0, 0.05) is 18.0 Å². The third kappa shape index (κ3) is 6.38. The number of carbonyl (C=O) groups excluding carboxylic acids is 1. The van der Waals surface area contributed by atoms with Crippen molar-refractivity contribution in [3.63, 3.8) is 0 Å². The van der Waals surface area contributed by atoms with Crippen molar-refractivity contribution >= 4 is 21.7 Å². The lowest BCUT2D eigenvalue weighted by atomic mass is 9.80. The Kier molecular flexibility index (Phi) is 7.84. The number of sulfonamides is 1. The number of aliphatic hydroxyl groups is 1. The van der Waals surface area contributed by atoms with E-state index in [4.69, 9.17) is 4.74 Å². The van der Waals surface area contributed by atoms with Crippen LogP contribution in [0.4, 0.5) is 5.69 Å². The van der Waals surface area contributed by atoms with Gasteiger partial charge in [0.15, 0.2) is 0 Å². The molecular formula is C26H33NO5S. The molecule has 0 fully saturated rings. The van der Waals surface area contributed by atoms with Crippen LogP contribution in [0.15, 0.2) is 65.9 Å². The summed E-state index contributed by atoms with van der Waals surface area (Å²) in [6.07, 6.45) is 4.83. The van der Waals surface area contributed by atoms with Gasteiger partial charge >= 0.3 is 5.97 Å². The van der Waals surface area contributed by atoms with Crippen molar-refractivity contribution in [2.45, 2.75) is 63.9 Å². The van der Waals surface area contributed by atoms with Gasteiger partial charge in [-0.25, -0.2) is 13.2 Å². The van der Waals surface area contributed by atoms with E-state index in [1.807, 2.05) is 38.1 Å². The molecule has 33 heavy (non-hydrogen) atoms. The van der Waals surface area contributed by atoms with Crippen molar-refractivity contribution in [1.29, 1.82) is 0 Å². The van der Waals surface area contributed by atoms with Gasteiger partial charge in [-0.3, -0.25) is 4.72 Å². The topological polar surface area (TPSA) is 92.7 Å². The first-order chi connectivity index (χ1) is 15.7. The number of rotatable bonds is 10. The van der Waals surface area contributed by atoms with E-state index in [-0.39, 0.29) is 17.8 Å². The maximum absolute atomic E-state index is 13.2. The van der Waals surface area contributed by atoms with E-state index >= 15 is 0 Å². The van der Waals surface area contributed by atoms with E-state index in [9.17, 15) is 18.3 Å². The molecule has 3 rings (SSSR count). The number of hydrogen-bond donors (Lipinski definition) is 2. The standard InChI is InChI=1S/C26H33NO5S/c1-4-15-26(16-14-19-10-7-6-8-11-19)18-23(28)24(25(29)32-26)22(5-2)20-12-9-13-21(17-20)27-33(3,30)31/h6-13,17,22,27-28H,4-5,14-16,18H2,1-3H3/t22-,26-/m0/s1. The van der Waals surface area contributed by atoms with E-state index in [1.165, 1.54) is 5.56 Å². The Morgan fingerprint density at radius 1 is 1.09 bits per heavy atom. The van der Waals surface area contributed by atoms with Crippen LogP contribution >= 0.6 is 0 Å². The van der Waals surface area contributed by atoms with Gasteiger partial charge in [0.05, 0.1) is 11.8 Å². The highest BCUT2D eigenvalue weighted by molar-refractivity contribution is 7.92. The van der Waals surface area contributed by atoms with Crippen molar-refractivity contribution < 1.29 is 23.1 Å². The van der Waals surface area contributed by atoms with Crippen LogP contribution in [0.1, 0.15) is 63.0 Å². The van der Waals surface area contributed by atoms with E-state index in [0.717, 1.165) is 24.7 Å². The zero-order valence-corrected chi connectivity index (χ0v) is 20.3. The first kappa shape index (κ1) is 24.8. The Morgan fingerprint density at radius 3 is 2.42 bits per heavy atom. The Bertz CT molecular complexity index is 1110. The lowest BCUT2D eigenvalue weighted by Gasteiger charge is -2.38. The number of ether oxygens (including phenoxy) is 1. The minimum absolute atomic E-state index is 0.0705. The number of esters is 1. The van der Waals surface area contributed by atoms with E-state index in [2.05, 4.69) is 16.9 Å². The van der Waals surface area contributed by atoms with E-state index in [1.54, 1.807) is 18.2 Å². The summed E-state index contributed by atoms with van der Waals surface area (Å²) in [5, 5.41) is 11.1. The molecule has 178 valence electrons. The number of aliphatic hydroxyl groups excluding tert-OH is 1. The van der Waals surface area contributed by atoms with Crippen LogP contribution in [0.3, 0.4) is 0 Å². The molecule has 0 spiro atoms. The number of aryl methyl sites for hydroxylation is 1. The van der Waals surface area contributed by atoms with Crippen LogP contribution in [0.25, 0.3) is 0 Å². The summed E-state index contributed by atoms with van der Waals surface area (Å²) in [6, 6.07) is 17.0. The number of nitrogens with one attached hydrogen (secondary N) is 1. The first-order valence-corrected chi connectivity index (χ1v) is 13.3. The monoisotopic (exact) mass is 471 g/mol. The van der Waals surface area contributed by atoms with Gasteiger partial charge in [-0.15, -0.1) is 0 Å². The number of hydrogen-bond acceptors (Lipinski definition) is 5. The van der Waals surface area contributed by atoms with Crippen molar-refractivity contribution in [2.24, 2.45) is 0 Å². The second kappa shape index (κ2) is 10.4. The largest absolute Gasteiger partial charge is 0.512 e. The third-order valence-electron chi connectivity index (χ3n) is 6.10. The molecule has 2 atom stereocenters. The Labute approximate surface area is 196 Å². The predicted octanol–water partition coefficient (Wildman–Crippen LogP) is 5.48. The number of anilines is 1. The maximum Gasteiger partial charge on any atom is 0.338 e. The van der Waals surface area contributed by atoms with E-state index < -0.39 is 27.5 Å². The molecular weight excluding hydrogens is 438 g/mol. The van der Waals surface area contributed by atoms with Crippen LogP contribution in [0.2, 0.25) is 0 Å².